The van der Waals surface area contributed by atoms with E-state index >= 15 is 0 Å². The van der Waals surface area contributed by atoms with Crippen LogP contribution in [0.25, 0.3) is 0 Å². The van der Waals surface area contributed by atoms with Gasteiger partial charge in [0, 0.05) is 11.4 Å². The van der Waals surface area contributed by atoms with Gasteiger partial charge in [-0.25, -0.2) is 9.97 Å². The molecule has 0 spiro atoms. The summed E-state index contributed by atoms with van der Waals surface area (Å²) in [5, 5.41) is 12.4. The third-order valence-electron chi connectivity index (χ3n) is 2.69. The van der Waals surface area contributed by atoms with Crippen LogP contribution in [0.4, 0.5) is 5.95 Å². The van der Waals surface area contributed by atoms with E-state index < -0.39 is 5.91 Å². The minimum atomic E-state index is -0.425. The number of carbonyl (C=O) groups excluding carboxylic acids is 1. The number of amides is 1. The maximum Gasteiger partial charge on any atom is 0.261 e. The summed E-state index contributed by atoms with van der Waals surface area (Å²) < 4.78 is 0. The van der Waals surface area contributed by atoms with Crippen LogP contribution >= 0.6 is 0 Å². The SMILES string of the molecule is Cc1cc(C)nc(NC(=O)c2cccc(C)c2O)n1. The molecule has 1 heterocycles. The molecule has 0 unspecified atom stereocenters. The number of anilines is 1. The van der Waals surface area contributed by atoms with Crippen molar-refractivity contribution >= 4 is 11.9 Å². The molecule has 2 aromatic rings. The third-order valence-corrected chi connectivity index (χ3v) is 2.69. The highest BCUT2D eigenvalue weighted by molar-refractivity contribution is 6.05. The Bertz CT molecular complexity index is 618. The largest absolute Gasteiger partial charge is 0.507 e. The highest BCUT2D eigenvalue weighted by atomic mass is 16.3. The molecule has 0 atom stereocenters. The molecule has 1 aromatic carbocycles. The van der Waals surface area contributed by atoms with Crippen LogP contribution in [-0.2, 0) is 0 Å². The van der Waals surface area contributed by atoms with Crippen LogP contribution in [0.1, 0.15) is 27.3 Å². The van der Waals surface area contributed by atoms with Gasteiger partial charge in [0.15, 0.2) is 0 Å². The molecule has 0 radical (unpaired) electrons. The van der Waals surface area contributed by atoms with Gasteiger partial charge in [-0.2, -0.15) is 0 Å². The molecule has 1 aromatic heterocycles. The lowest BCUT2D eigenvalue weighted by molar-refractivity contribution is 0.102. The average molecular weight is 257 g/mol. The van der Waals surface area contributed by atoms with Crippen LogP contribution < -0.4 is 5.32 Å². The number of nitrogens with zero attached hydrogens (tertiary/aromatic N) is 2. The second kappa shape index (κ2) is 5.06. The first-order valence-electron chi connectivity index (χ1n) is 5.89. The number of hydrogen-bond acceptors (Lipinski definition) is 4. The first kappa shape index (κ1) is 13.0. The van der Waals surface area contributed by atoms with Gasteiger partial charge >= 0.3 is 0 Å². The van der Waals surface area contributed by atoms with Crippen LogP contribution in [0.3, 0.4) is 0 Å². The first-order chi connectivity index (χ1) is 8.97. The lowest BCUT2D eigenvalue weighted by Gasteiger charge is -2.08. The fraction of sp³-hybridized carbons (Fsp3) is 0.214. The maximum atomic E-state index is 12.1. The van der Waals surface area contributed by atoms with E-state index in [2.05, 4.69) is 15.3 Å². The van der Waals surface area contributed by atoms with Gasteiger partial charge in [0.1, 0.15) is 5.75 Å². The van der Waals surface area contributed by atoms with Crippen molar-refractivity contribution in [2.24, 2.45) is 0 Å². The summed E-state index contributed by atoms with van der Waals surface area (Å²) >= 11 is 0. The molecule has 0 aliphatic carbocycles. The molecule has 5 nitrogen and oxygen atoms in total. The summed E-state index contributed by atoms with van der Waals surface area (Å²) in [7, 11) is 0. The van der Waals surface area contributed by atoms with Crippen molar-refractivity contribution in [1.82, 2.24) is 9.97 Å². The molecular formula is C14H15N3O2. The van der Waals surface area contributed by atoms with Gasteiger partial charge in [-0.3, -0.25) is 10.1 Å². The number of para-hydroxylation sites is 1. The average Bonchev–Trinajstić information content (AvgIpc) is 2.31. The van der Waals surface area contributed by atoms with Gasteiger partial charge in [0.2, 0.25) is 5.95 Å². The normalized spacial score (nSPS) is 10.3. The quantitative estimate of drug-likeness (QED) is 0.866. The van der Waals surface area contributed by atoms with Crippen molar-refractivity contribution in [2.45, 2.75) is 20.8 Å². The Labute approximate surface area is 111 Å². The maximum absolute atomic E-state index is 12.1. The smallest absolute Gasteiger partial charge is 0.261 e. The van der Waals surface area contributed by atoms with Gasteiger partial charge in [-0.1, -0.05) is 12.1 Å². The lowest BCUT2D eigenvalue weighted by Crippen LogP contribution is -2.15. The molecule has 5 heteroatoms. The van der Waals surface area contributed by atoms with Crippen molar-refractivity contribution in [1.29, 1.82) is 0 Å². The molecule has 2 rings (SSSR count). The Hall–Kier alpha value is -2.43. The number of phenols is 1. The monoisotopic (exact) mass is 257 g/mol. The van der Waals surface area contributed by atoms with Crippen molar-refractivity contribution in [3.63, 3.8) is 0 Å². The Morgan fingerprint density at radius 3 is 2.42 bits per heavy atom. The predicted octanol–water partition coefficient (Wildman–Crippen LogP) is 2.36. The van der Waals surface area contributed by atoms with E-state index in [0.717, 1.165) is 11.4 Å². The lowest BCUT2D eigenvalue weighted by atomic mass is 10.1. The summed E-state index contributed by atoms with van der Waals surface area (Å²) in [5.41, 5.74) is 2.41. The summed E-state index contributed by atoms with van der Waals surface area (Å²) in [6, 6.07) is 6.83. The molecule has 0 aliphatic rings. The fourth-order valence-corrected chi connectivity index (χ4v) is 1.79. The first-order valence-corrected chi connectivity index (χ1v) is 5.89. The van der Waals surface area contributed by atoms with Gasteiger partial charge in [0.25, 0.3) is 5.91 Å². The van der Waals surface area contributed by atoms with E-state index in [1.54, 1.807) is 25.1 Å². The Kier molecular flexibility index (Phi) is 3.46. The van der Waals surface area contributed by atoms with E-state index in [-0.39, 0.29) is 17.3 Å². The number of rotatable bonds is 2. The van der Waals surface area contributed by atoms with Crippen LogP contribution in [0.2, 0.25) is 0 Å². The molecule has 0 aliphatic heterocycles. The Morgan fingerprint density at radius 1 is 1.16 bits per heavy atom. The standard InChI is InChI=1S/C14H15N3O2/c1-8-5-4-6-11(12(8)18)13(19)17-14-15-9(2)7-10(3)16-14/h4-7,18H,1-3H3,(H,15,16,17,19). The van der Waals surface area contributed by atoms with E-state index in [4.69, 9.17) is 0 Å². The molecule has 0 saturated heterocycles. The van der Waals surface area contributed by atoms with Gasteiger partial charge in [-0.05, 0) is 38.5 Å². The fourth-order valence-electron chi connectivity index (χ4n) is 1.79. The molecule has 19 heavy (non-hydrogen) atoms. The molecule has 0 fully saturated rings. The summed E-state index contributed by atoms with van der Waals surface area (Å²) in [5.74, 6) is -0.209. The topological polar surface area (TPSA) is 75.1 Å². The molecule has 0 bridgehead atoms. The summed E-state index contributed by atoms with van der Waals surface area (Å²) in [4.78, 5) is 20.3. The molecular weight excluding hydrogens is 242 g/mol. The van der Waals surface area contributed by atoms with Crippen molar-refractivity contribution < 1.29 is 9.90 Å². The zero-order valence-electron chi connectivity index (χ0n) is 11.1. The van der Waals surface area contributed by atoms with Crippen LogP contribution in [0, 0.1) is 20.8 Å². The van der Waals surface area contributed by atoms with Crippen molar-refractivity contribution in [3.05, 3.63) is 46.8 Å². The van der Waals surface area contributed by atoms with E-state index in [1.807, 2.05) is 19.9 Å². The second-order valence-electron chi connectivity index (χ2n) is 4.40. The number of aryl methyl sites for hydroxylation is 3. The molecule has 1 amide bonds. The number of phenolic OH excluding ortho intramolecular Hbond substituents is 1. The Balaban J connectivity index is 2.28. The zero-order chi connectivity index (χ0) is 14.0. The minimum Gasteiger partial charge on any atom is -0.507 e. The summed E-state index contributed by atoms with van der Waals surface area (Å²) in [6.07, 6.45) is 0. The van der Waals surface area contributed by atoms with Gasteiger partial charge in [-0.15, -0.1) is 0 Å². The number of benzene rings is 1. The van der Waals surface area contributed by atoms with Crippen LogP contribution in [0.5, 0.6) is 5.75 Å². The third kappa shape index (κ3) is 2.88. The second-order valence-corrected chi connectivity index (χ2v) is 4.40. The number of aromatic nitrogens is 2. The zero-order valence-corrected chi connectivity index (χ0v) is 11.1. The summed E-state index contributed by atoms with van der Waals surface area (Å²) in [6.45, 7) is 5.39. The molecule has 98 valence electrons. The highest BCUT2D eigenvalue weighted by Gasteiger charge is 2.13. The van der Waals surface area contributed by atoms with Crippen LogP contribution in [-0.4, -0.2) is 21.0 Å². The molecule has 2 N–H and O–H groups in total. The number of hydrogen-bond donors (Lipinski definition) is 2. The highest BCUT2D eigenvalue weighted by Crippen LogP contribution is 2.22. The number of carbonyl (C=O) groups is 1. The van der Waals surface area contributed by atoms with E-state index in [0.29, 0.717) is 5.56 Å². The van der Waals surface area contributed by atoms with Crippen LogP contribution in [0.15, 0.2) is 24.3 Å². The van der Waals surface area contributed by atoms with E-state index in [9.17, 15) is 9.90 Å². The number of nitrogens with one attached hydrogen (secondary N) is 1. The van der Waals surface area contributed by atoms with E-state index in [1.165, 1.54) is 0 Å². The van der Waals surface area contributed by atoms with Crippen molar-refractivity contribution in [2.75, 3.05) is 5.32 Å². The number of aromatic hydroxyl groups is 1. The Morgan fingerprint density at radius 2 is 1.79 bits per heavy atom. The van der Waals surface area contributed by atoms with Gasteiger partial charge in [0.05, 0.1) is 5.56 Å². The predicted molar refractivity (Wildman–Crippen MR) is 72.3 cm³/mol. The molecule has 0 saturated carbocycles. The van der Waals surface area contributed by atoms with Crippen molar-refractivity contribution in [3.8, 4) is 5.75 Å². The van der Waals surface area contributed by atoms with Gasteiger partial charge < -0.3 is 5.11 Å². The minimum absolute atomic E-state index is 0.0237.